The van der Waals surface area contributed by atoms with Gasteiger partial charge in [-0.25, -0.2) is 4.90 Å². The predicted molar refractivity (Wildman–Crippen MR) is 44.4 cm³/mol. The SMILES string of the molecule is CSC1C([N+](=O)[O-])=NCN1C. The highest BCUT2D eigenvalue weighted by Gasteiger charge is 2.35. The van der Waals surface area contributed by atoms with Crippen molar-refractivity contribution in [3.05, 3.63) is 10.1 Å². The zero-order valence-electron chi connectivity index (χ0n) is 6.35. The summed E-state index contributed by atoms with van der Waals surface area (Å²) in [5.41, 5.74) is 0. The lowest BCUT2D eigenvalue weighted by molar-refractivity contribution is -0.352. The predicted octanol–water partition coefficient (Wildman–Crippen LogP) is 0.254. The maximum atomic E-state index is 10.4. The van der Waals surface area contributed by atoms with E-state index in [1.54, 1.807) is 0 Å². The van der Waals surface area contributed by atoms with Gasteiger partial charge in [-0.15, -0.1) is 11.8 Å². The van der Waals surface area contributed by atoms with Crippen molar-refractivity contribution in [2.75, 3.05) is 20.0 Å². The maximum Gasteiger partial charge on any atom is 0.362 e. The molecule has 0 spiro atoms. The summed E-state index contributed by atoms with van der Waals surface area (Å²) >= 11 is 1.43. The van der Waals surface area contributed by atoms with Crippen LogP contribution in [0.3, 0.4) is 0 Å². The second-order valence-corrected chi connectivity index (χ2v) is 3.18. The lowest BCUT2D eigenvalue weighted by Gasteiger charge is -2.12. The molecule has 11 heavy (non-hydrogen) atoms. The number of nitro groups is 1. The Morgan fingerprint density at radius 2 is 2.55 bits per heavy atom. The van der Waals surface area contributed by atoms with E-state index in [4.69, 9.17) is 0 Å². The average molecular weight is 175 g/mol. The van der Waals surface area contributed by atoms with Crippen molar-refractivity contribution in [1.29, 1.82) is 0 Å². The van der Waals surface area contributed by atoms with Gasteiger partial charge in [0.05, 0.1) is 0 Å². The Morgan fingerprint density at radius 3 is 2.91 bits per heavy atom. The molecule has 62 valence electrons. The number of hydrogen-bond donors (Lipinski definition) is 0. The molecule has 1 aliphatic rings. The van der Waals surface area contributed by atoms with Gasteiger partial charge in [0.15, 0.2) is 12.0 Å². The Morgan fingerprint density at radius 1 is 1.91 bits per heavy atom. The summed E-state index contributed by atoms with van der Waals surface area (Å²) in [6.07, 6.45) is 1.84. The maximum absolute atomic E-state index is 10.4. The Hall–Kier alpha value is -0.620. The smallest absolute Gasteiger partial charge is 0.358 e. The minimum absolute atomic E-state index is 0.0694. The molecule has 0 N–H and O–H groups in total. The molecule has 0 saturated carbocycles. The van der Waals surface area contributed by atoms with Gasteiger partial charge in [-0.2, -0.15) is 0 Å². The van der Waals surface area contributed by atoms with Crippen LogP contribution in [-0.4, -0.2) is 41.0 Å². The van der Waals surface area contributed by atoms with Crippen molar-refractivity contribution in [3.63, 3.8) is 0 Å². The van der Waals surface area contributed by atoms with Gasteiger partial charge in [-0.05, 0) is 18.2 Å². The van der Waals surface area contributed by atoms with E-state index in [2.05, 4.69) is 4.99 Å². The van der Waals surface area contributed by atoms with E-state index in [9.17, 15) is 10.1 Å². The first-order valence-corrected chi connectivity index (χ1v) is 4.37. The topological polar surface area (TPSA) is 58.7 Å². The number of aliphatic imine (C=N–C) groups is 1. The number of likely N-dealkylation sites (N-methyl/N-ethyl adjacent to an activating group) is 1. The van der Waals surface area contributed by atoms with Crippen LogP contribution in [0, 0.1) is 10.1 Å². The monoisotopic (exact) mass is 175 g/mol. The molecule has 0 aromatic heterocycles. The van der Waals surface area contributed by atoms with Crippen LogP contribution in [0.4, 0.5) is 0 Å². The lowest BCUT2D eigenvalue weighted by atomic mass is 10.6. The standard InChI is InChI=1S/C5H9N3O2S/c1-7-3-6-4(8(9)10)5(7)11-2/h5H,3H2,1-2H3. The minimum atomic E-state index is -0.412. The normalized spacial score (nSPS) is 25.3. The Bertz CT molecular complexity index is 206. The highest BCUT2D eigenvalue weighted by molar-refractivity contribution is 7.99. The van der Waals surface area contributed by atoms with Gasteiger partial charge in [-0.1, -0.05) is 4.99 Å². The Labute approximate surface area is 68.6 Å². The van der Waals surface area contributed by atoms with Crippen molar-refractivity contribution >= 4 is 17.6 Å². The van der Waals surface area contributed by atoms with E-state index >= 15 is 0 Å². The number of hydrogen-bond acceptors (Lipinski definition) is 5. The lowest BCUT2D eigenvalue weighted by Crippen LogP contribution is -2.32. The first-order chi connectivity index (χ1) is 5.16. The van der Waals surface area contributed by atoms with Crippen molar-refractivity contribution in [2.45, 2.75) is 5.37 Å². The quantitative estimate of drug-likeness (QED) is 0.423. The summed E-state index contributed by atoms with van der Waals surface area (Å²) in [4.78, 5) is 15.6. The van der Waals surface area contributed by atoms with E-state index in [0.29, 0.717) is 6.67 Å². The van der Waals surface area contributed by atoms with E-state index in [1.807, 2.05) is 18.2 Å². The second-order valence-electron chi connectivity index (χ2n) is 2.26. The highest BCUT2D eigenvalue weighted by Crippen LogP contribution is 2.18. The molecule has 0 aromatic carbocycles. The largest absolute Gasteiger partial charge is 0.362 e. The molecular formula is C5H9N3O2S. The van der Waals surface area contributed by atoms with Gasteiger partial charge >= 0.3 is 5.84 Å². The van der Waals surface area contributed by atoms with E-state index in [1.165, 1.54) is 11.8 Å². The molecule has 5 nitrogen and oxygen atoms in total. The minimum Gasteiger partial charge on any atom is -0.358 e. The summed E-state index contributed by atoms with van der Waals surface area (Å²) in [6.45, 7) is 0.432. The van der Waals surface area contributed by atoms with Crippen LogP contribution in [0.15, 0.2) is 4.99 Å². The molecule has 6 heteroatoms. The van der Waals surface area contributed by atoms with Crippen LogP contribution in [0.5, 0.6) is 0 Å². The zero-order valence-corrected chi connectivity index (χ0v) is 7.17. The fraction of sp³-hybridized carbons (Fsp3) is 0.800. The molecule has 0 radical (unpaired) electrons. The van der Waals surface area contributed by atoms with Crippen LogP contribution in [0.1, 0.15) is 0 Å². The van der Waals surface area contributed by atoms with Crippen molar-refractivity contribution in [2.24, 2.45) is 4.99 Å². The fourth-order valence-corrected chi connectivity index (χ4v) is 1.76. The fourth-order valence-electron chi connectivity index (χ4n) is 0.967. The van der Waals surface area contributed by atoms with Gasteiger partial charge in [0.2, 0.25) is 0 Å². The first kappa shape index (κ1) is 8.48. The van der Waals surface area contributed by atoms with Crippen LogP contribution < -0.4 is 0 Å². The van der Waals surface area contributed by atoms with Crippen LogP contribution in [0.25, 0.3) is 0 Å². The zero-order chi connectivity index (χ0) is 8.43. The molecule has 0 amide bonds. The molecule has 0 saturated heterocycles. The van der Waals surface area contributed by atoms with Crippen LogP contribution in [0.2, 0.25) is 0 Å². The van der Waals surface area contributed by atoms with E-state index in [-0.39, 0.29) is 11.2 Å². The van der Waals surface area contributed by atoms with Gasteiger partial charge in [0.1, 0.15) is 0 Å². The summed E-state index contributed by atoms with van der Waals surface area (Å²) in [7, 11) is 1.82. The summed E-state index contributed by atoms with van der Waals surface area (Å²) in [5, 5.41) is 10.2. The number of rotatable bonds is 1. The van der Waals surface area contributed by atoms with Crippen molar-refractivity contribution < 1.29 is 4.92 Å². The first-order valence-electron chi connectivity index (χ1n) is 3.08. The molecule has 1 unspecified atom stereocenters. The van der Waals surface area contributed by atoms with Gasteiger partial charge in [0.25, 0.3) is 0 Å². The number of amidine groups is 1. The third-order valence-corrected chi connectivity index (χ3v) is 2.50. The van der Waals surface area contributed by atoms with Gasteiger partial charge < -0.3 is 10.1 Å². The Balaban J connectivity index is 2.73. The average Bonchev–Trinajstić information content (AvgIpc) is 2.30. The summed E-state index contributed by atoms with van der Waals surface area (Å²) in [5.74, 6) is 0.0694. The molecular weight excluding hydrogens is 166 g/mol. The third kappa shape index (κ3) is 1.51. The van der Waals surface area contributed by atoms with Gasteiger partial charge in [-0.3, -0.25) is 0 Å². The molecule has 1 rings (SSSR count). The number of thioether (sulfide) groups is 1. The van der Waals surface area contributed by atoms with Gasteiger partial charge in [0, 0.05) is 0 Å². The molecule has 1 aliphatic heterocycles. The van der Waals surface area contributed by atoms with Crippen LogP contribution in [-0.2, 0) is 0 Å². The van der Waals surface area contributed by atoms with E-state index < -0.39 is 4.92 Å². The molecule has 1 heterocycles. The molecule has 0 fully saturated rings. The Kier molecular flexibility index (Phi) is 2.45. The molecule has 1 atom stereocenters. The van der Waals surface area contributed by atoms with Crippen LogP contribution >= 0.6 is 11.8 Å². The van der Waals surface area contributed by atoms with Crippen molar-refractivity contribution in [1.82, 2.24) is 4.90 Å². The highest BCUT2D eigenvalue weighted by atomic mass is 32.2. The number of nitrogens with zero attached hydrogens (tertiary/aromatic N) is 3. The summed E-state index contributed by atoms with van der Waals surface area (Å²) in [6, 6.07) is 0. The third-order valence-electron chi connectivity index (χ3n) is 1.49. The molecule has 0 bridgehead atoms. The van der Waals surface area contributed by atoms with E-state index in [0.717, 1.165) is 0 Å². The summed E-state index contributed by atoms with van der Waals surface area (Å²) < 4.78 is 0. The van der Waals surface area contributed by atoms with Crippen molar-refractivity contribution in [3.8, 4) is 0 Å². The second kappa shape index (κ2) is 3.19. The molecule has 0 aromatic rings. The molecule has 0 aliphatic carbocycles.